The summed E-state index contributed by atoms with van der Waals surface area (Å²) in [6.45, 7) is 6.89. The Kier molecular flexibility index (Phi) is 6.07. The number of carbonyl (C=O) groups excluding carboxylic acids is 2. The Balaban J connectivity index is 1.71. The van der Waals surface area contributed by atoms with Crippen LogP contribution in [0.4, 0.5) is 5.69 Å². The predicted molar refractivity (Wildman–Crippen MR) is 113 cm³/mol. The van der Waals surface area contributed by atoms with E-state index < -0.39 is 0 Å². The summed E-state index contributed by atoms with van der Waals surface area (Å²) >= 11 is 0. The van der Waals surface area contributed by atoms with Crippen molar-refractivity contribution < 1.29 is 9.59 Å². The fourth-order valence-electron chi connectivity index (χ4n) is 3.19. The molecule has 2 aromatic carbocycles. The van der Waals surface area contributed by atoms with Gasteiger partial charge in [0.25, 0.3) is 11.5 Å². The first-order valence-electron chi connectivity index (χ1n) is 9.58. The minimum Gasteiger partial charge on any atom is -0.339 e. The van der Waals surface area contributed by atoms with Crippen LogP contribution in [-0.2, 0) is 11.3 Å². The first-order chi connectivity index (χ1) is 13.9. The number of hydrogen-bond acceptors (Lipinski definition) is 4. The second-order valence-electron chi connectivity index (χ2n) is 6.75. The van der Waals surface area contributed by atoms with E-state index in [9.17, 15) is 14.4 Å². The zero-order chi connectivity index (χ0) is 21.0. The summed E-state index contributed by atoms with van der Waals surface area (Å²) in [7, 11) is 0. The Labute approximate surface area is 169 Å². The average Bonchev–Trinajstić information content (AvgIpc) is 2.72. The highest BCUT2D eigenvalue weighted by Crippen LogP contribution is 2.13. The predicted octanol–water partition coefficient (Wildman–Crippen LogP) is 2.83. The van der Waals surface area contributed by atoms with E-state index in [0.29, 0.717) is 35.2 Å². The molecule has 7 nitrogen and oxygen atoms in total. The summed E-state index contributed by atoms with van der Waals surface area (Å²) in [5, 5.41) is 3.23. The van der Waals surface area contributed by atoms with Crippen molar-refractivity contribution in [3.05, 3.63) is 70.3 Å². The number of hydrogen-bond donors (Lipinski definition) is 1. The van der Waals surface area contributed by atoms with Crippen molar-refractivity contribution in [1.29, 1.82) is 0 Å². The van der Waals surface area contributed by atoms with E-state index >= 15 is 0 Å². The molecule has 0 atom stereocenters. The van der Waals surface area contributed by atoms with E-state index in [1.165, 1.54) is 10.9 Å². The van der Waals surface area contributed by atoms with E-state index in [4.69, 9.17) is 0 Å². The normalized spacial score (nSPS) is 10.7. The van der Waals surface area contributed by atoms with Gasteiger partial charge in [-0.2, -0.15) is 0 Å². The van der Waals surface area contributed by atoms with Crippen molar-refractivity contribution in [3.63, 3.8) is 0 Å². The minimum atomic E-state index is -0.344. The second-order valence-corrected chi connectivity index (χ2v) is 6.75. The van der Waals surface area contributed by atoms with Gasteiger partial charge in [-0.15, -0.1) is 0 Å². The summed E-state index contributed by atoms with van der Waals surface area (Å²) < 4.78 is 1.29. The third kappa shape index (κ3) is 4.34. The number of nitrogens with zero attached hydrogens (tertiary/aromatic N) is 3. The first-order valence-corrected chi connectivity index (χ1v) is 9.58. The number of amides is 2. The van der Waals surface area contributed by atoms with Gasteiger partial charge in [0.2, 0.25) is 5.91 Å². The number of nitrogens with one attached hydrogen (secondary N) is 1. The maximum atomic E-state index is 12.6. The van der Waals surface area contributed by atoms with Crippen molar-refractivity contribution in [2.24, 2.45) is 0 Å². The molecule has 0 aliphatic rings. The summed E-state index contributed by atoms with van der Waals surface area (Å²) in [5.41, 5.74) is 2.42. The van der Waals surface area contributed by atoms with Crippen molar-refractivity contribution in [2.45, 2.75) is 27.3 Å². The molecule has 0 aliphatic carbocycles. The number of fused-ring (bicyclic) bond motifs is 1. The molecule has 1 heterocycles. The molecule has 150 valence electrons. The zero-order valence-corrected chi connectivity index (χ0v) is 16.8. The van der Waals surface area contributed by atoms with Crippen molar-refractivity contribution in [1.82, 2.24) is 14.5 Å². The molecule has 0 spiro atoms. The Morgan fingerprint density at radius 1 is 1.07 bits per heavy atom. The van der Waals surface area contributed by atoms with Gasteiger partial charge in [0.15, 0.2) is 0 Å². The van der Waals surface area contributed by atoms with Gasteiger partial charge in [-0.1, -0.05) is 12.1 Å². The lowest BCUT2D eigenvalue weighted by Crippen LogP contribution is -2.30. The fourth-order valence-corrected chi connectivity index (χ4v) is 3.19. The quantitative estimate of drug-likeness (QED) is 0.699. The van der Waals surface area contributed by atoms with Crippen LogP contribution in [0.5, 0.6) is 0 Å². The van der Waals surface area contributed by atoms with E-state index in [2.05, 4.69) is 10.3 Å². The molecule has 0 saturated heterocycles. The number of aromatic nitrogens is 2. The highest BCUT2D eigenvalue weighted by Gasteiger charge is 2.13. The van der Waals surface area contributed by atoms with Gasteiger partial charge >= 0.3 is 0 Å². The molecule has 0 fully saturated rings. The number of aryl methyl sites for hydroxylation is 1. The number of rotatable bonds is 6. The highest BCUT2D eigenvalue weighted by atomic mass is 16.2. The Morgan fingerprint density at radius 2 is 1.76 bits per heavy atom. The van der Waals surface area contributed by atoms with Crippen molar-refractivity contribution >= 4 is 28.4 Å². The largest absolute Gasteiger partial charge is 0.339 e. The second kappa shape index (κ2) is 8.68. The summed E-state index contributed by atoms with van der Waals surface area (Å²) in [4.78, 5) is 43.4. The Bertz CT molecular complexity index is 1100. The maximum Gasteiger partial charge on any atom is 0.261 e. The van der Waals surface area contributed by atoms with Gasteiger partial charge in [0.05, 0.1) is 17.2 Å². The maximum absolute atomic E-state index is 12.6. The zero-order valence-electron chi connectivity index (χ0n) is 16.8. The van der Waals surface area contributed by atoms with Gasteiger partial charge in [0, 0.05) is 24.3 Å². The fraction of sp³-hybridized carbons (Fsp3) is 0.273. The van der Waals surface area contributed by atoms with Crippen LogP contribution in [-0.4, -0.2) is 39.4 Å². The van der Waals surface area contributed by atoms with Gasteiger partial charge in [0.1, 0.15) is 6.54 Å². The lowest BCUT2D eigenvalue weighted by molar-refractivity contribution is -0.116. The average molecular weight is 392 g/mol. The van der Waals surface area contributed by atoms with Crippen molar-refractivity contribution in [3.8, 4) is 0 Å². The van der Waals surface area contributed by atoms with Gasteiger partial charge < -0.3 is 10.2 Å². The molecular formula is C22H24N4O3. The molecule has 1 N–H and O–H groups in total. The Morgan fingerprint density at radius 3 is 2.41 bits per heavy atom. The van der Waals surface area contributed by atoms with E-state index in [1.807, 2.05) is 26.8 Å². The molecule has 7 heteroatoms. The summed E-state index contributed by atoms with van der Waals surface area (Å²) in [6, 6.07) is 12.1. The van der Waals surface area contributed by atoms with E-state index in [1.54, 1.807) is 41.3 Å². The number of benzene rings is 2. The standard InChI is InChI=1S/C22H24N4O3/c1-4-25(5-2)21(28)16-9-11-17(12-10-16)24-19(27)13-26-14-23-20-15(3)7-6-8-18(20)22(26)29/h6-12,14H,4-5,13H2,1-3H3,(H,24,27). The van der Waals surface area contributed by atoms with Gasteiger partial charge in [-0.05, 0) is 56.7 Å². The van der Waals surface area contributed by atoms with Crippen LogP contribution in [0.25, 0.3) is 10.9 Å². The van der Waals surface area contributed by atoms with Gasteiger partial charge in [-0.25, -0.2) is 4.98 Å². The molecule has 0 saturated carbocycles. The van der Waals surface area contributed by atoms with Crippen LogP contribution in [0.2, 0.25) is 0 Å². The molecule has 3 aromatic rings. The molecular weight excluding hydrogens is 368 g/mol. The number of para-hydroxylation sites is 1. The van der Waals surface area contributed by atoms with Crippen LogP contribution >= 0.6 is 0 Å². The van der Waals surface area contributed by atoms with Crippen molar-refractivity contribution in [2.75, 3.05) is 18.4 Å². The lowest BCUT2D eigenvalue weighted by Gasteiger charge is -2.18. The molecule has 3 rings (SSSR count). The summed E-state index contributed by atoms with van der Waals surface area (Å²) in [5.74, 6) is -0.388. The SMILES string of the molecule is CCN(CC)C(=O)c1ccc(NC(=O)Cn2cnc3c(C)cccc3c2=O)cc1. The number of carbonyl (C=O) groups is 2. The van der Waals surface area contributed by atoms with Crippen LogP contribution in [0, 0.1) is 6.92 Å². The van der Waals surface area contributed by atoms with Crippen LogP contribution in [0.15, 0.2) is 53.6 Å². The highest BCUT2D eigenvalue weighted by molar-refractivity contribution is 5.95. The number of anilines is 1. The van der Waals surface area contributed by atoms with Crippen LogP contribution in [0.3, 0.4) is 0 Å². The third-order valence-electron chi connectivity index (χ3n) is 4.84. The molecule has 0 unspecified atom stereocenters. The third-order valence-corrected chi connectivity index (χ3v) is 4.84. The topological polar surface area (TPSA) is 84.3 Å². The smallest absolute Gasteiger partial charge is 0.261 e. The monoisotopic (exact) mass is 392 g/mol. The van der Waals surface area contributed by atoms with Crippen LogP contribution < -0.4 is 10.9 Å². The molecule has 0 radical (unpaired) electrons. The lowest BCUT2D eigenvalue weighted by atomic mass is 10.1. The molecule has 0 bridgehead atoms. The Hall–Kier alpha value is -3.48. The molecule has 1 aromatic heterocycles. The summed E-state index contributed by atoms with van der Waals surface area (Å²) in [6.07, 6.45) is 1.39. The van der Waals surface area contributed by atoms with E-state index in [-0.39, 0.29) is 23.9 Å². The van der Waals surface area contributed by atoms with E-state index in [0.717, 1.165) is 5.56 Å². The van der Waals surface area contributed by atoms with Crippen LogP contribution in [0.1, 0.15) is 29.8 Å². The minimum absolute atomic E-state index is 0.0445. The molecule has 0 aliphatic heterocycles. The molecule has 29 heavy (non-hydrogen) atoms. The van der Waals surface area contributed by atoms with Gasteiger partial charge in [-0.3, -0.25) is 19.0 Å². The molecule has 2 amide bonds. The first kappa shape index (κ1) is 20.3.